The van der Waals surface area contributed by atoms with Crippen LogP contribution in [0.5, 0.6) is 0 Å². The number of carbonyl (C=O) groups is 2. The maximum absolute atomic E-state index is 12.9. The van der Waals surface area contributed by atoms with Crippen LogP contribution in [0.2, 0.25) is 0 Å². The number of carbonyl (C=O) groups excluding carboxylic acids is 2. The van der Waals surface area contributed by atoms with Gasteiger partial charge in [-0.3, -0.25) is 14.4 Å². The summed E-state index contributed by atoms with van der Waals surface area (Å²) in [4.78, 5) is 43.5. The van der Waals surface area contributed by atoms with Crippen LogP contribution in [0.25, 0.3) is 0 Å². The number of piperazine rings is 1. The van der Waals surface area contributed by atoms with Gasteiger partial charge in [-0.15, -0.1) is 0 Å². The molecule has 0 atom stereocenters. The maximum atomic E-state index is 12.9. The van der Waals surface area contributed by atoms with Crippen molar-refractivity contribution in [1.29, 1.82) is 0 Å². The monoisotopic (exact) mass is 317 g/mol. The van der Waals surface area contributed by atoms with Crippen LogP contribution in [0.4, 0.5) is 0 Å². The molecule has 1 aliphatic carbocycles. The summed E-state index contributed by atoms with van der Waals surface area (Å²) in [5.41, 5.74) is 0.0565. The van der Waals surface area contributed by atoms with E-state index in [0.717, 1.165) is 18.5 Å². The van der Waals surface area contributed by atoms with Gasteiger partial charge < -0.3 is 14.8 Å². The highest BCUT2D eigenvalue weighted by molar-refractivity contribution is 5.99. The van der Waals surface area contributed by atoms with Crippen molar-refractivity contribution < 1.29 is 9.59 Å². The Bertz CT molecular complexity index is 703. The van der Waals surface area contributed by atoms with Gasteiger partial charge >= 0.3 is 0 Å². The molecule has 2 heterocycles. The number of amides is 2. The Morgan fingerprint density at radius 2 is 1.96 bits per heavy atom. The molecule has 0 bridgehead atoms. The van der Waals surface area contributed by atoms with Crippen LogP contribution in [0.15, 0.2) is 16.9 Å². The fourth-order valence-electron chi connectivity index (χ4n) is 3.22. The van der Waals surface area contributed by atoms with Crippen LogP contribution in [-0.2, 0) is 4.79 Å². The summed E-state index contributed by atoms with van der Waals surface area (Å²) in [5, 5.41) is 0. The highest BCUT2D eigenvalue weighted by Gasteiger charge is 2.44. The van der Waals surface area contributed by atoms with Gasteiger partial charge in [0.2, 0.25) is 11.5 Å². The first-order valence-electron chi connectivity index (χ1n) is 8.20. The lowest BCUT2D eigenvalue weighted by Crippen LogP contribution is -2.64. The first-order valence-corrected chi connectivity index (χ1v) is 8.20. The number of aromatic amines is 1. The second-order valence-corrected chi connectivity index (χ2v) is 6.86. The molecule has 2 amide bonds. The van der Waals surface area contributed by atoms with Gasteiger partial charge in [0.15, 0.2) is 0 Å². The van der Waals surface area contributed by atoms with Crippen molar-refractivity contribution in [3.05, 3.63) is 33.7 Å². The fourth-order valence-corrected chi connectivity index (χ4v) is 3.22. The number of nitrogens with zero attached hydrogens (tertiary/aromatic N) is 2. The predicted molar refractivity (Wildman–Crippen MR) is 86.4 cm³/mol. The summed E-state index contributed by atoms with van der Waals surface area (Å²) in [6.45, 7) is 7.12. The molecule has 6 nitrogen and oxygen atoms in total. The van der Waals surface area contributed by atoms with E-state index < -0.39 is 5.54 Å². The Morgan fingerprint density at radius 1 is 1.26 bits per heavy atom. The average molecular weight is 317 g/mol. The number of hydrogen-bond acceptors (Lipinski definition) is 3. The van der Waals surface area contributed by atoms with Gasteiger partial charge in [0.1, 0.15) is 5.54 Å². The second-order valence-electron chi connectivity index (χ2n) is 6.86. The number of rotatable bonds is 3. The van der Waals surface area contributed by atoms with Crippen molar-refractivity contribution in [2.24, 2.45) is 0 Å². The van der Waals surface area contributed by atoms with Gasteiger partial charge in [-0.1, -0.05) is 0 Å². The largest absolute Gasteiger partial charge is 0.339 e. The number of pyridine rings is 1. The molecule has 2 aliphatic rings. The average Bonchev–Trinajstić information content (AvgIpc) is 3.33. The zero-order valence-corrected chi connectivity index (χ0v) is 13.9. The van der Waals surface area contributed by atoms with Crippen LogP contribution in [0, 0.1) is 0 Å². The molecule has 1 saturated heterocycles. The van der Waals surface area contributed by atoms with Crippen LogP contribution < -0.4 is 5.56 Å². The van der Waals surface area contributed by atoms with Crippen molar-refractivity contribution in [2.75, 3.05) is 19.6 Å². The van der Waals surface area contributed by atoms with Gasteiger partial charge in [-0.05, 0) is 45.6 Å². The molecule has 124 valence electrons. The molecule has 0 unspecified atom stereocenters. The van der Waals surface area contributed by atoms with Crippen molar-refractivity contribution in [2.45, 2.75) is 45.1 Å². The lowest BCUT2D eigenvalue weighted by molar-refractivity contribution is -0.146. The third-order valence-corrected chi connectivity index (χ3v) is 4.84. The lowest BCUT2D eigenvalue weighted by atomic mass is 9.96. The van der Waals surface area contributed by atoms with Gasteiger partial charge in [-0.2, -0.15) is 0 Å². The third-order valence-electron chi connectivity index (χ3n) is 4.84. The second kappa shape index (κ2) is 5.51. The summed E-state index contributed by atoms with van der Waals surface area (Å²) in [7, 11) is 0. The van der Waals surface area contributed by atoms with E-state index in [-0.39, 0.29) is 17.4 Å². The van der Waals surface area contributed by atoms with Crippen LogP contribution in [0.3, 0.4) is 0 Å². The van der Waals surface area contributed by atoms with E-state index in [4.69, 9.17) is 0 Å². The number of H-pyrrole nitrogens is 1. The van der Waals surface area contributed by atoms with E-state index in [2.05, 4.69) is 4.98 Å². The van der Waals surface area contributed by atoms with E-state index in [1.165, 1.54) is 6.07 Å². The minimum Gasteiger partial charge on any atom is -0.339 e. The molecule has 0 radical (unpaired) electrons. The van der Waals surface area contributed by atoms with Crippen LogP contribution >= 0.6 is 0 Å². The van der Waals surface area contributed by atoms with Crippen LogP contribution in [0.1, 0.15) is 55.6 Å². The Morgan fingerprint density at radius 3 is 2.57 bits per heavy atom. The van der Waals surface area contributed by atoms with E-state index in [1.54, 1.807) is 29.7 Å². The number of likely N-dealkylation sites (N-methyl/N-ethyl adjacent to an activating group) is 1. The van der Waals surface area contributed by atoms with Gasteiger partial charge in [0.05, 0.1) is 0 Å². The Balaban J connectivity index is 1.91. The zero-order chi connectivity index (χ0) is 16.8. The number of nitrogens with one attached hydrogen (secondary N) is 1. The topological polar surface area (TPSA) is 73.5 Å². The molecule has 0 spiro atoms. The molecule has 1 saturated carbocycles. The highest BCUT2D eigenvalue weighted by Crippen LogP contribution is 2.38. The van der Waals surface area contributed by atoms with Crippen LogP contribution in [-0.4, -0.2) is 51.8 Å². The maximum Gasteiger partial charge on any atom is 0.255 e. The molecule has 0 aromatic carbocycles. The van der Waals surface area contributed by atoms with Gasteiger partial charge in [-0.25, -0.2) is 0 Å². The van der Waals surface area contributed by atoms with E-state index in [1.807, 2.05) is 6.92 Å². The molecule has 1 N–H and O–H groups in total. The zero-order valence-electron chi connectivity index (χ0n) is 13.9. The normalized spacial score (nSPS) is 20.7. The number of hydrogen-bond donors (Lipinski definition) is 1. The van der Waals surface area contributed by atoms with E-state index >= 15 is 0 Å². The minimum absolute atomic E-state index is 0.0492. The molecule has 23 heavy (non-hydrogen) atoms. The summed E-state index contributed by atoms with van der Waals surface area (Å²) in [5.74, 6) is 0.0704. The standard InChI is InChI=1S/C17H23N3O3/c1-4-19-7-8-20(17(2,3)16(19)23)15(22)12-9-13(11-5-6-11)18-14(21)10-12/h9-11H,4-8H2,1-3H3,(H,18,21). The molecular weight excluding hydrogens is 294 g/mol. The SMILES string of the molecule is CCN1CCN(C(=O)c2cc(C3CC3)[nH]c(=O)c2)C(C)(C)C1=O. The summed E-state index contributed by atoms with van der Waals surface area (Å²) in [6.07, 6.45) is 2.10. The highest BCUT2D eigenvalue weighted by atomic mass is 16.2. The summed E-state index contributed by atoms with van der Waals surface area (Å²) >= 11 is 0. The molecule has 3 rings (SSSR count). The Kier molecular flexibility index (Phi) is 3.78. The molecule has 2 fully saturated rings. The lowest BCUT2D eigenvalue weighted by Gasteiger charge is -2.45. The van der Waals surface area contributed by atoms with Gasteiger partial charge in [0.25, 0.3) is 5.91 Å². The van der Waals surface area contributed by atoms with Crippen molar-refractivity contribution in [3.63, 3.8) is 0 Å². The van der Waals surface area contributed by atoms with Crippen molar-refractivity contribution >= 4 is 11.8 Å². The fraction of sp³-hybridized carbons (Fsp3) is 0.588. The van der Waals surface area contributed by atoms with Gasteiger partial charge in [0, 0.05) is 37.0 Å². The minimum atomic E-state index is -0.895. The summed E-state index contributed by atoms with van der Waals surface area (Å²) in [6, 6.07) is 3.11. The van der Waals surface area contributed by atoms with Crippen molar-refractivity contribution in [3.8, 4) is 0 Å². The first kappa shape index (κ1) is 15.8. The van der Waals surface area contributed by atoms with E-state index in [9.17, 15) is 14.4 Å². The van der Waals surface area contributed by atoms with Crippen molar-refractivity contribution in [1.82, 2.24) is 14.8 Å². The molecule has 1 aromatic rings. The Labute approximate surface area is 135 Å². The molecule has 6 heteroatoms. The first-order chi connectivity index (χ1) is 10.8. The summed E-state index contributed by atoms with van der Waals surface area (Å²) < 4.78 is 0. The third kappa shape index (κ3) is 2.78. The molecule has 1 aromatic heterocycles. The predicted octanol–water partition coefficient (Wildman–Crippen LogP) is 1.34. The Hall–Kier alpha value is -2.11. The molecular formula is C17H23N3O3. The smallest absolute Gasteiger partial charge is 0.255 e. The molecule has 1 aliphatic heterocycles. The van der Waals surface area contributed by atoms with E-state index in [0.29, 0.717) is 31.1 Å². The quantitative estimate of drug-likeness (QED) is 0.914. The number of aromatic nitrogens is 1.